The number of hydrogen-bond acceptors (Lipinski definition) is 3. The van der Waals surface area contributed by atoms with Crippen molar-refractivity contribution in [3.05, 3.63) is 50.6 Å². The lowest BCUT2D eigenvalue weighted by atomic mass is 10.3. The van der Waals surface area contributed by atoms with Gasteiger partial charge in [-0.15, -0.1) is 0 Å². The van der Waals surface area contributed by atoms with Gasteiger partial charge in [0.05, 0.1) is 16.8 Å². The number of thiazole rings is 1. The van der Waals surface area contributed by atoms with Crippen LogP contribution in [0.3, 0.4) is 0 Å². The molecule has 0 saturated heterocycles. The van der Waals surface area contributed by atoms with Crippen LogP contribution in [-0.4, -0.2) is 14.3 Å². The van der Waals surface area contributed by atoms with Crippen molar-refractivity contribution < 1.29 is 4.39 Å². The van der Waals surface area contributed by atoms with E-state index in [1.165, 1.54) is 12.1 Å². The van der Waals surface area contributed by atoms with Crippen LogP contribution >= 0.6 is 27.3 Å². The Morgan fingerprint density at radius 2 is 2.21 bits per heavy atom. The molecule has 98 valence electrons. The van der Waals surface area contributed by atoms with Crippen molar-refractivity contribution in [1.82, 2.24) is 14.3 Å². The Kier molecular flexibility index (Phi) is 3.24. The molecular weight excluding hydrogens is 333 g/mol. The van der Waals surface area contributed by atoms with E-state index in [9.17, 15) is 9.18 Å². The molecule has 0 radical (unpaired) electrons. The first-order valence-corrected chi connectivity index (χ1v) is 7.22. The van der Waals surface area contributed by atoms with Gasteiger partial charge in [0.1, 0.15) is 5.82 Å². The number of rotatable bonds is 3. The predicted molar refractivity (Wildman–Crippen MR) is 76.0 cm³/mol. The van der Waals surface area contributed by atoms with Crippen molar-refractivity contribution >= 4 is 37.5 Å². The lowest BCUT2D eigenvalue weighted by Gasteiger charge is -2.05. The predicted octanol–water partition coefficient (Wildman–Crippen LogP) is 2.86. The van der Waals surface area contributed by atoms with Gasteiger partial charge in [-0.05, 0) is 34.1 Å². The summed E-state index contributed by atoms with van der Waals surface area (Å²) in [7, 11) is 0. The minimum atomic E-state index is -0.347. The first-order chi connectivity index (χ1) is 9.15. The molecule has 7 heteroatoms. The fourth-order valence-corrected chi connectivity index (χ4v) is 3.71. The first kappa shape index (κ1) is 12.6. The fraction of sp³-hybridized carbons (Fsp3) is 0.167. The van der Waals surface area contributed by atoms with Crippen LogP contribution in [0, 0.1) is 5.82 Å². The van der Waals surface area contributed by atoms with Crippen molar-refractivity contribution in [3.8, 4) is 0 Å². The molecule has 0 saturated carbocycles. The topological polar surface area (TPSA) is 39.8 Å². The van der Waals surface area contributed by atoms with Crippen LogP contribution in [0.1, 0.15) is 0 Å². The van der Waals surface area contributed by atoms with E-state index < -0.39 is 0 Å². The highest BCUT2D eigenvalue weighted by Crippen LogP contribution is 2.27. The molecule has 0 bridgehead atoms. The molecule has 0 aliphatic heterocycles. The zero-order valence-electron chi connectivity index (χ0n) is 9.72. The zero-order chi connectivity index (χ0) is 13.4. The van der Waals surface area contributed by atoms with Crippen LogP contribution < -0.4 is 4.87 Å². The van der Waals surface area contributed by atoms with E-state index >= 15 is 0 Å². The highest BCUT2D eigenvalue weighted by molar-refractivity contribution is 9.10. The molecule has 0 N–H and O–H groups in total. The van der Waals surface area contributed by atoms with Crippen LogP contribution in [0.4, 0.5) is 4.39 Å². The maximum absolute atomic E-state index is 13.3. The molecule has 0 amide bonds. The molecule has 0 spiro atoms. The number of halogens is 2. The highest BCUT2D eigenvalue weighted by Gasteiger charge is 2.12. The minimum Gasteiger partial charge on any atom is -0.296 e. The van der Waals surface area contributed by atoms with E-state index in [0.717, 1.165) is 16.9 Å². The maximum atomic E-state index is 13.3. The van der Waals surface area contributed by atoms with Gasteiger partial charge in [-0.25, -0.2) is 4.39 Å². The third-order valence-electron chi connectivity index (χ3n) is 2.79. The summed E-state index contributed by atoms with van der Waals surface area (Å²) in [4.78, 5) is 11.9. The average molecular weight is 342 g/mol. The maximum Gasteiger partial charge on any atom is 0.308 e. The Bertz CT molecular complexity index is 778. The molecule has 0 atom stereocenters. The standard InChI is InChI=1S/C12H9BrFN3OS/c13-9-6-8(14)7-10-11(9)17(12(18)19-10)5-4-16-3-1-2-15-16/h1-3,6-7H,4-5H2. The van der Waals surface area contributed by atoms with Crippen LogP contribution in [-0.2, 0) is 13.1 Å². The van der Waals surface area contributed by atoms with Gasteiger partial charge in [0.25, 0.3) is 0 Å². The van der Waals surface area contributed by atoms with Gasteiger partial charge in [0, 0.05) is 23.4 Å². The van der Waals surface area contributed by atoms with E-state index in [2.05, 4.69) is 21.0 Å². The summed E-state index contributed by atoms with van der Waals surface area (Å²) in [6.45, 7) is 1.10. The number of aromatic nitrogens is 3. The van der Waals surface area contributed by atoms with E-state index in [0.29, 0.717) is 22.3 Å². The SMILES string of the molecule is O=c1sc2cc(F)cc(Br)c2n1CCn1cccn1. The summed E-state index contributed by atoms with van der Waals surface area (Å²) in [5, 5.41) is 4.09. The molecular formula is C12H9BrFN3OS. The van der Waals surface area contributed by atoms with E-state index in [-0.39, 0.29) is 10.7 Å². The quantitative estimate of drug-likeness (QED) is 0.734. The van der Waals surface area contributed by atoms with E-state index in [4.69, 9.17) is 0 Å². The Labute approximate surface area is 120 Å². The molecule has 0 fully saturated rings. The third-order valence-corrected chi connectivity index (χ3v) is 4.32. The summed E-state index contributed by atoms with van der Waals surface area (Å²) in [5.41, 5.74) is 0.739. The van der Waals surface area contributed by atoms with Crippen molar-refractivity contribution in [2.75, 3.05) is 0 Å². The molecule has 4 nitrogen and oxygen atoms in total. The molecule has 2 heterocycles. The molecule has 0 unspecified atom stereocenters. The first-order valence-electron chi connectivity index (χ1n) is 5.61. The van der Waals surface area contributed by atoms with Gasteiger partial charge in [-0.1, -0.05) is 11.3 Å². The smallest absolute Gasteiger partial charge is 0.296 e. The van der Waals surface area contributed by atoms with Gasteiger partial charge in [-0.2, -0.15) is 5.10 Å². The molecule has 19 heavy (non-hydrogen) atoms. The largest absolute Gasteiger partial charge is 0.308 e. The summed E-state index contributed by atoms with van der Waals surface area (Å²) < 4.78 is 17.9. The molecule has 2 aromatic heterocycles. The van der Waals surface area contributed by atoms with Gasteiger partial charge in [0.15, 0.2) is 0 Å². The number of nitrogens with zero attached hydrogens (tertiary/aromatic N) is 3. The lowest BCUT2D eigenvalue weighted by molar-refractivity contribution is 0.537. The number of aryl methyl sites for hydroxylation is 2. The fourth-order valence-electron chi connectivity index (χ4n) is 1.96. The van der Waals surface area contributed by atoms with Crippen molar-refractivity contribution in [2.24, 2.45) is 0 Å². The second-order valence-corrected chi connectivity index (χ2v) is 5.87. The third kappa shape index (κ3) is 2.35. The van der Waals surface area contributed by atoms with Gasteiger partial charge in [-0.3, -0.25) is 14.0 Å². The number of fused-ring (bicyclic) bond motifs is 1. The van der Waals surface area contributed by atoms with Crippen LogP contribution in [0.15, 0.2) is 39.9 Å². The van der Waals surface area contributed by atoms with Crippen LogP contribution in [0.5, 0.6) is 0 Å². The summed E-state index contributed by atoms with van der Waals surface area (Å²) in [6.07, 6.45) is 3.54. The van der Waals surface area contributed by atoms with Crippen molar-refractivity contribution in [1.29, 1.82) is 0 Å². The van der Waals surface area contributed by atoms with Gasteiger partial charge in [0.2, 0.25) is 0 Å². The lowest BCUT2D eigenvalue weighted by Crippen LogP contribution is -2.17. The Hall–Kier alpha value is -1.47. The Morgan fingerprint density at radius 1 is 1.37 bits per heavy atom. The zero-order valence-corrected chi connectivity index (χ0v) is 12.1. The van der Waals surface area contributed by atoms with E-state index in [1.807, 2.05) is 12.3 Å². The minimum absolute atomic E-state index is 0.0894. The summed E-state index contributed by atoms with van der Waals surface area (Å²) >= 11 is 4.37. The number of benzene rings is 1. The van der Waals surface area contributed by atoms with Crippen LogP contribution in [0.2, 0.25) is 0 Å². The average Bonchev–Trinajstić information content (AvgIpc) is 2.93. The highest BCUT2D eigenvalue weighted by atomic mass is 79.9. The van der Waals surface area contributed by atoms with Gasteiger partial charge >= 0.3 is 4.87 Å². The molecule has 3 aromatic rings. The van der Waals surface area contributed by atoms with Crippen LogP contribution in [0.25, 0.3) is 10.2 Å². The molecule has 3 rings (SSSR count). The van der Waals surface area contributed by atoms with Crippen molar-refractivity contribution in [3.63, 3.8) is 0 Å². The summed E-state index contributed by atoms with van der Waals surface area (Å²) in [6, 6.07) is 4.59. The monoisotopic (exact) mass is 341 g/mol. The Balaban J connectivity index is 2.03. The second kappa shape index (κ2) is 4.90. The van der Waals surface area contributed by atoms with Crippen molar-refractivity contribution in [2.45, 2.75) is 13.1 Å². The second-order valence-electron chi connectivity index (χ2n) is 4.02. The van der Waals surface area contributed by atoms with E-state index in [1.54, 1.807) is 15.4 Å². The number of hydrogen-bond donors (Lipinski definition) is 0. The van der Waals surface area contributed by atoms with Gasteiger partial charge < -0.3 is 0 Å². The molecule has 0 aliphatic rings. The normalized spacial score (nSPS) is 11.3. The molecule has 0 aliphatic carbocycles. The Morgan fingerprint density at radius 3 is 2.95 bits per heavy atom. The molecule has 1 aromatic carbocycles. The summed E-state index contributed by atoms with van der Waals surface area (Å²) in [5.74, 6) is -0.347.